The summed E-state index contributed by atoms with van der Waals surface area (Å²) >= 11 is 5.01. The Balaban J connectivity index is 2.57. The third-order valence-corrected chi connectivity index (χ3v) is 2.19. The van der Waals surface area contributed by atoms with E-state index in [2.05, 4.69) is 15.3 Å². The molecule has 2 N–H and O–H groups in total. The van der Waals surface area contributed by atoms with E-state index in [1.807, 2.05) is 0 Å². The van der Waals surface area contributed by atoms with Gasteiger partial charge in [-0.3, -0.25) is 4.79 Å². The minimum Gasteiger partial charge on any atom is -0.474 e. The molecule has 0 aromatic carbocycles. The zero-order chi connectivity index (χ0) is 10.3. The minimum atomic E-state index is -0.526. The number of nitrogens with one attached hydrogen (secondary N) is 2. The number of aromatic amines is 1. The lowest BCUT2D eigenvalue weighted by Crippen LogP contribution is -2.35. The molecule has 1 aromatic heterocycles. The molecule has 0 saturated heterocycles. The number of carbonyl (C=O) groups excluding carboxylic acids is 1. The fraction of sp³-hybridized carbons (Fsp3) is 0.375. The predicted octanol–water partition coefficient (Wildman–Crippen LogP) is 1.17. The smallest absolute Gasteiger partial charge is 0.266 e. The van der Waals surface area contributed by atoms with Crippen molar-refractivity contribution in [2.45, 2.75) is 20.0 Å². The van der Waals surface area contributed by atoms with E-state index in [9.17, 15) is 4.79 Å². The molecule has 1 aliphatic rings. The van der Waals surface area contributed by atoms with Gasteiger partial charge in [-0.1, -0.05) is 12.2 Å². The van der Waals surface area contributed by atoms with Crippen LogP contribution in [0, 0.1) is 11.6 Å². The molecular weight excluding hydrogens is 202 g/mol. The monoisotopic (exact) mass is 211 g/mol. The first-order valence-corrected chi connectivity index (χ1v) is 4.57. The Bertz CT molecular complexity index is 454. The van der Waals surface area contributed by atoms with E-state index in [0.29, 0.717) is 22.0 Å². The van der Waals surface area contributed by atoms with Crippen LogP contribution in [0.1, 0.15) is 12.7 Å². The number of H-pyrrole nitrogens is 1. The molecule has 0 bridgehead atoms. The summed E-state index contributed by atoms with van der Waals surface area (Å²) in [6.07, 6.45) is -0.526. The van der Waals surface area contributed by atoms with Gasteiger partial charge < -0.3 is 15.0 Å². The highest BCUT2D eigenvalue weighted by atomic mass is 32.1. The molecule has 0 saturated carbocycles. The van der Waals surface area contributed by atoms with Crippen LogP contribution in [0.5, 0.6) is 5.75 Å². The molecule has 6 heteroatoms. The molecule has 1 amide bonds. The van der Waals surface area contributed by atoms with E-state index < -0.39 is 6.10 Å². The van der Waals surface area contributed by atoms with Crippen LogP contribution in [0.3, 0.4) is 0 Å². The molecule has 0 aliphatic carbocycles. The van der Waals surface area contributed by atoms with Crippen LogP contribution in [-0.4, -0.2) is 22.0 Å². The van der Waals surface area contributed by atoms with Gasteiger partial charge >= 0.3 is 0 Å². The number of aryl methyl sites for hydroxylation is 1. The maximum atomic E-state index is 11.3. The largest absolute Gasteiger partial charge is 0.474 e. The van der Waals surface area contributed by atoms with Crippen molar-refractivity contribution < 1.29 is 9.53 Å². The summed E-state index contributed by atoms with van der Waals surface area (Å²) in [4.78, 5) is 18.2. The quantitative estimate of drug-likeness (QED) is 0.632. The van der Waals surface area contributed by atoms with Crippen LogP contribution in [-0.2, 0) is 4.79 Å². The Labute approximate surface area is 85.5 Å². The number of aromatic nitrogens is 2. The Hall–Kier alpha value is -1.43. The zero-order valence-electron chi connectivity index (χ0n) is 7.75. The second kappa shape index (κ2) is 3.06. The molecule has 1 atom stereocenters. The van der Waals surface area contributed by atoms with Crippen molar-refractivity contribution in [2.75, 3.05) is 5.32 Å². The number of amides is 1. The minimum absolute atomic E-state index is 0.186. The number of hydrogen-bond donors (Lipinski definition) is 2. The maximum Gasteiger partial charge on any atom is 0.266 e. The average molecular weight is 211 g/mol. The zero-order valence-corrected chi connectivity index (χ0v) is 8.57. The summed E-state index contributed by atoms with van der Waals surface area (Å²) < 4.78 is 5.68. The fourth-order valence-corrected chi connectivity index (χ4v) is 1.52. The topological polar surface area (TPSA) is 67.0 Å². The summed E-state index contributed by atoms with van der Waals surface area (Å²) in [5.41, 5.74) is 0. The molecule has 0 spiro atoms. The van der Waals surface area contributed by atoms with E-state index in [4.69, 9.17) is 17.0 Å². The van der Waals surface area contributed by atoms with Gasteiger partial charge in [0.1, 0.15) is 5.82 Å². The summed E-state index contributed by atoms with van der Waals surface area (Å²) in [5, 5.41) is 2.67. The molecule has 1 aromatic rings. The molecule has 14 heavy (non-hydrogen) atoms. The third-order valence-electron chi connectivity index (χ3n) is 1.91. The lowest BCUT2D eigenvalue weighted by molar-refractivity contribution is -0.122. The molecule has 2 rings (SSSR count). The molecule has 1 unspecified atom stereocenters. The first-order valence-electron chi connectivity index (χ1n) is 4.16. The number of fused-ring (bicyclic) bond motifs is 1. The molecule has 5 nitrogen and oxygen atoms in total. The lowest BCUT2D eigenvalue weighted by atomic mass is 10.3. The molecule has 2 heterocycles. The van der Waals surface area contributed by atoms with Crippen LogP contribution in [0.25, 0.3) is 0 Å². The first kappa shape index (κ1) is 9.14. The van der Waals surface area contributed by atoms with E-state index in [-0.39, 0.29) is 5.91 Å². The Morgan fingerprint density at radius 2 is 2.29 bits per heavy atom. The highest BCUT2D eigenvalue weighted by molar-refractivity contribution is 7.71. The van der Waals surface area contributed by atoms with Gasteiger partial charge in [-0.05, 0) is 13.8 Å². The number of hydrogen-bond acceptors (Lipinski definition) is 4. The SMILES string of the molecule is Cc1nc(=S)c2c([nH]1)NC(=O)C(C)O2. The van der Waals surface area contributed by atoms with Crippen molar-refractivity contribution in [2.24, 2.45) is 0 Å². The van der Waals surface area contributed by atoms with Gasteiger partial charge in [0.2, 0.25) is 0 Å². The van der Waals surface area contributed by atoms with E-state index in [1.165, 1.54) is 0 Å². The second-order valence-electron chi connectivity index (χ2n) is 3.08. The van der Waals surface area contributed by atoms with Crippen LogP contribution in [0.2, 0.25) is 0 Å². The maximum absolute atomic E-state index is 11.3. The molecule has 0 fully saturated rings. The highest BCUT2D eigenvalue weighted by Gasteiger charge is 2.25. The predicted molar refractivity (Wildman–Crippen MR) is 52.9 cm³/mol. The van der Waals surface area contributed by atoms with Gasteiger partial charge in [0.05, 0.1) is 0 Å². The van der Waals surface area contributed by atoms with Crippen molar-refractivity contribution in [1.82, 2.24) is 9.97 Å². The normalized spacial score (nSPS) is 19.6. The second-order valence-corrected chi connectivity index (χ2v) is 3.47. The Kier molecular flexibility index (Phi) is 1.99. The van der Waals surface area contributed by atoms with Crippen molar-refractivity contribution in [3.63, 3.8) is 0 Å². The first-order chi connectivity index (χ1) is 6.58. The van der Waals surface area contributed by atoms with Crippen LogP contribution in [0.4, 0.5) is 5.82 Å². The molecule has 74 valence electrons. The van der Waals surface area contributed by atoms with Gasteiger partial charge in [0, 0.05) is 0 Å². The van der Waals surface area contributed by atoms with Gasteiger partial charge in [-0.25, -0.2) is 4.98 Å². The highest BCUT2D eigenvalue weighted by Crippen LogP contribution is 2.27. The van der Waals surface area contributed by atoms with Crippen molar-refractivity contribution in [3.05, 3.63) is 10.5 Å². The molecule has 1 aliphatic heterocycles. The van der Waals surface area contributed by atoms with Crippen molar-refractivity contribution in [1.29, 1.82) is 0 Å². The average Bonchev–Trinajstić information content (AvgIpc) is 2.08. The van der Waals surface area contributed by atoms with Crippen molar-refractivity contribution >= 4 is 23.9 Å². The summed E-state index contributed by atoms with van der Waals surface area (Å²) in [6.45, 7) is 3.42. The van der Waals surface area contributed by atoms with Gasteiger partial charge in [-0.15, -0.1) is 0 Å². The number of carbonyl (C=O) groups is 1. The lowest BCUT2D eigenvalue weighted by Gasteiger charge is -2.22. The number of rotatable bonds is 0. The molecule has 0 radical (unpaired) electrons. The summed E-state index contributed by atoms with van der Waals surface area (Å²) in [7, 11) is 0. The van der Waals surface area contributed by atoms with Crippen LogP contribution < -0.4 is 10.1 Å². The van der Waals surface area contributed by atoms with Crippen LogP contribution >= 0.6 is 12.2 Å². The van der Waals surface area contributed by atoms with Gasteiger partial charge in [-0.2, -0.15) is 0 Å². The standard InChI is InChI=1S/C8H9N3O2S/c1-3-7(12)11-6-5(13-3)8(14)10-4(2)9-6/h3H,1-2H3,(H2,9,10,11,12,14). The molecular formula is C8H9N3O2S. The number of ether oxygens (including phenoxy) is 1. The Morgan fingerprint density at radius 3 is 3.00 bits per heavy atom. The van der Waals surface area contributed by atoms with E-state index >= 15 is 0 Å². The van der Waals surface area contributed by atoms with Gasteiger partial charge in [0.15, 0.2) is 22.3 Å². The third kappa shape index (κ3) is 1.37. The summed E-state index contributed by atoms with van der Waals surface area (Å²) in [5.74, 6) is 1.39. The fourth-order valence-electron chi connectivity index (χ4n) is 1.23. The van der Waals surface area contributed by atoms with E-state index in [1.54, 1.807) is 13.8 Å². The van der Waals surface area contributed by atoms with Crippen LogP contribution in [0.15, 0.2) is 0 Å². The summed E-state index contributed by atoms with van der Waals surface area (Å²) in [6, 6.07) is 0. The number of nitrogens with zero attached hydrogens (tertiary/aromatic N) is 1. The Morgan fingerprint density at radius 1 is 1.57 bits per heavy atom. The van der Waals surface area contributed by atoms with Crippen molar-refractivity contribution in [3.8, 4) is 5.75 Å². The van der Waals surface area contributed by atoms with E-state index in [0.717, 1.165) is 0 Å². The van der Waals surface area contributed by atoms with Gasteiger partial charge in [0.25, 0.3) is 5.91 Å². The number of anilines is 1.